The first-order chi connectivity index (χ1) is 12.8. The number of hydrogen-bond acceptors (Lipinski definition) is 5. The Morgan fingerprint density at radius 1 is 1.19 bits per heavy atom. The molecule has 1 N–H and O–H groups in total. The summed E-state index contributed by atoms with van der Waals surface area (Å²) in [7, 11) is 0. The Hall–Kier alpha value is -2.86. The van der Waals surface area contributed by atoms with Crippen LogP contribution < -0.4 is 5.56 Å². The van der Waals surface area contributed by atoms with Crippen molar-refractivity contribution < 1.29 is 0 Å². The predicted molar refractivity (Wildman–Crippen MR) is 99.6 cm³/mol. The molecule has 1 saturated heterocycles. The van der Waals surface area contributed by atoms with E-state index in [-0.39, 0.29) is 11.5 Å². The van der Waals surface area contributed by atoms with E-state index < -0.39 is 0 Å². The van der Waals surface area contributed by atoms with E-state index in [1.807, 2.05) is 30.5 Å². The fourth-order valence-electron chi connectivity index (χ4n) is 3.50. The number of likely N-dealkylation sites (tertiary alicyclic amines) is 1. The summed E-state index contributed by atoms with van der Waals surface area (Å²) in [5.74, 6) is 0.794. The third-order valence-corrected chi connectivity index (χ3v) is 4.72. The van der Waals surface area contributed by atoms with Crippen LogP contribution in [-0.4, -0.2) is 37.9 Å². The summed E-state index contributed by atoms with van der Waals surface area (Å²) in [5.41, 5.74) is 2.63. The number of nitrogens with zero attached hydrogens (tertiary/aromatic N) is 4. The highest BCUT2D eigenvalue weighted by Crippen LogP contribution is 2.26. The summed E-state index contributed by atoms with van der Waals surface area (Å²) >= 11 is 0. The van der Waals surface area contributed by atoms with Gasteiger partial charge in [0.2, 0.25) is 0 Å². The van der Waals surface area contributed by atoms with Crippen LogP contribution in [0.2, 0.25) is 0 Å². The minimum absolute atomic E-state index is 0.125. The number of rotatable bonds is 4. The van der Waals surface area contributed by atoms with Gasteiger partial charge in [0.25, 0.3) is 5.56 Å². The van der Waals surface area contributed by atoms with Crippen molar-refractivity contribution in [3.8, 4) is 11.5 Å². The molecule has 3 aromatic rings. The Morgan fingerprint density at radius 2 is 2.15 bits per heavy atom. The lowest BCUT2D eigenvalue weighted by Crippen LogP contribution is -2.34. The van der Waals surface area contributed by atoms with Crippen LogP contribution >= 0.6 is 0 Å². The highest BCUT2D eigenvalue weighted by atomic mass is 16.1. The molecule has 0 spiro atoms. The zero-order valence-electron chi connectivity index (χ0n) is 14.5. The van der Waals surface area contributed by atoms with Crippen molar-refractivity contribution in [3.63, 3.8) is 0 Å². The minimum atomic E-state index is -0.125. The summed E-state index contributed by atoms with van der Waals surface area (Å²) < 4.78 is 0. The summed E-state index contributed by atoms with van der Waals surface area (Å²) in [6.07, 6.45) is 7.55. The second-order valence-electron chi connectivity index (χ2n) is 6.67. The van der Waals surface area contributed by atoms with E-state index in [9.17, 15) is 4.79 Å². The van der Waals surface area contributed by atoms with Crippen molar-refractivity contribution in [2.45, 2.75) is 25.3 Å². The molecule has 4 rings (SSSR count). The highest BCUT2D eigenvalue weighted by Gasteiger charge is 2.23. The molecule has 0 saturated carbocycles. The van der Waals surface area contributed by atoms with Gasteiger partial charge in [-0.2, -0.15) is 0 Å². The molecule has 0 aliphatic carbocycles. The van der Waals surface area contributed by atoms with Gasteiger partial charge in [-0.25, -0.2) is 4.98 Å². The largest absolute Gasteiger partial charge is 0.305 e. The summed E-state index contributed by atoms with van der Waals surface area (Å²) in [4.78, 5) is 30.6. The van der Waals surface area contributed by atoms with Crippen LogP contribution in [0.4, 0.5) is 0 Å². The number of pyridine rings is 2. The molecule has 132 valence electrons. The molecular weight excluding hydrogens is 326 g/mol. The zero-order chi connectivity index (χ0) is 17.8. The van der Waals surface area contributed by atoms with Crippen LogP contribution in [0.15, 0.2) is 59.8 Å². The zero-order valence-corrected chi connectivity index (χ0v) is 14.5. The third kappa shape index (κ3) is 3.86. The molecule has 0 aromatic carbocycles. The molecule has 26 heavy (non-hydrogen) atoms. The van der Waals surface area contributed by atoms with Gasteiger partial charge in [0.05, 0.1) is 5.69 Å². The standard InChI is InChI=1S/C20H21N5O/c26-19-11-18(23-20(24-19)17-7-1-2-9-22-17)16-6-4-10-25(14-16)13-15-5-3-8-21-12-15/h1-3,5,7-9,11-12,16H,4,6,10,13-14H2,(H,23,24,26). The number of aromatic amines is 1. The van der Waals surface area contributed by atoms with E-state index in [2.05, 4.69) is 25.9 Å². The van der Waals surface area contributed by atoms with Crippen molar-refractivity contribution in [2.75, 3.05) is 13.1 Å². The smallest absolute Gasteiger partial charge is 0.251 e. The second kappa shape index (κ2) is 7.58. The van der Waals surface area contributed by atoms with E-state index in [0.717, 1.165) is 38.2 Å². The molecule has 1 aliphatic rings. The number of nitrogens with one attached hydrogen (secondary N) is 1. The monoisotopic (exact) mass is 347 g/mol. The van der Waals surface area contributed by atoms with Gasteiger partial charge in [-0.3, -0.25) is 19.7 Å². The van der Waals surface area contributed by atoms with E-state index in [4.69, 9.17) is 4.98 Å². The molecule has 1 fully saturated rings. The van der Waals surface area contributed by atoms with E-state index in [1.54, 1.807) is 18.5 Å². The Balaban J connectivity index is 1.55. The van der Waals surface area contributed by atoms with Crippen molar-refractivity contribution in [2.24, 2.45) is 0 Å². The topological polar surface area (TPSA) is 74.8 Å². The first-order valence-corrected chi connectivity index (χ1v) is 8.92. The van der Waals surface area contributed by atoms with Crippen LogP contribution in [-0.2, 0) is 6.54 Å². The van der Waals surface area contributed by atoms with Crippen molar-refractivity contribution in [1.82, 2.24) is 24.8 Å². The van der Waals surface area contributed by atoms with Crippen molar-refractivity contribution in [1.29, 1.82) is 0 Å². The van der Waals surface area contributed by atoms with Crippen LogP contribution in [0, 0.1) is 0 Å². The van der Waals surface area contributed by atoms with Gasteiger partial charge in [-0.1, -0.05) is 12.1 Å². The summed E-state index contributed by atoms with van der Waals surface area (Å²) in [6, 6.07) is 11.3. The fourth-order valence-corrected chi connectivity index (χ4v) is 3.50. The molecule has 0 bridgehead atoms. The fraction of sp³-hybridized carbons (Fsp3) is 0.300. The van der Waals surface area contributed by atoms with Gasteiger partial charge in [-0.15, -0.1) is 0 Å². The lowest BCUT2D eigenvalue weighted by Gasteiger charge is -2.32. The third-order valence-electron chi connectivity index (χ3n) is 4.72. The molecule has 1 aliphatic heterocycles. The van der Waals surface area contributed by atoms with Gasteiger partial charge in [0.15, 0.2) is 5.82 Å². The van der Waals surface area contributed by atoms with E-state index >= 15 is 0 Å². The first kappa shape index (κ1) is 16.6. The lowest BCUT2D eigenvalue weighted by molar-refractivity contribution is 0.198. The maximum atomic E-state index is 12.2. The molecule has 6 nitrogen and oxygen atoms in total. The molecule has 3 aromatic heterocycles. The average Bonchev–Trinajstić information content (AvgIpc) is 2.69. The lowest BCUT2D eigenvalue weighted by atomic mass is 9.94. The molecule has 4 heterocycles. The van der Waals surface area contributed by atoms with Gasteiger partial charge in [0, 0.05) is 43.7 Å². The Morgan fingerprint density at radius 3 is 2.96 bits per heavy atom. The predicted octanol–water partition coefficient (Wildman–Crippen LogP) is 2.61. The van der Waals surface area contributed by atoms with Crippen molar-refractivity contribution >= 4 is 0 Å². The van der Waals surface area contributed by atoms with Gasteiger partial charge < -0.3 is 4.98 Å². The number of piperidine rings is 1. The second-order valence-corrected chi connectivity index (χ2v) is 6.67. The molecule has 6 heteroatoms. The molecule has 0 radical (unpaired) electrons. The van der Waals surface area contributed by atoms with Crippen LogP contribution in [0.3, 0.4) is 0 Å². The summed E-state index contributed by atoms with van der Waals surface area (Å²) in [5, 5.41) is 0. The molecular formula is C20H21N5O. The molecule has 1 atom stereocenters. The average molecular weight is 347 g/mol. The number of H-pyrrole nitrogens is 1. The maximum Gasteiger partial charge on any atom is 0.251 e. The van der Waals surface area contributed by atoms with Crippen LogP contribution in [0.1, 0.15) is 30.0 Å². The minimum Gasteiger partial charge on any atom is -0.305 e. The van der Waals surface area contributed by atoms with E-state index in [0.29, 0.717) is 11.5 Å². The van der Waals surface area contributed by atoms with E-state index in [1.165, 1.54) is 5.56 Å². The van der Waals surface area contributed by atoms with Gasteiger partial charge in [0.1, 0.15) is 5.69 Å². The maximum absolute atomic E-state index is 12.2. The summed E-state index contributed by atoms with van der Waals surface area (Å²) in [6.45, 7) is 2.83. The molecule has 0 amide bonds. The van der Waals surface area contributed by atoms with Gasteiger partial charge >= 0.3 is 0 Å². The SMILES string of the molecule is O=c1cc(C2CCCN(Cc3cccnc3)C2)nc(-c2ccccn2)[nH]1. The van der Waals surface area contributed by atoms with Crippen LogP contribution in [0.5, 0.6) is 0 Å². The van der Waals surface area contributed by atoms with Crippen LogP contribution in [0.25, 0.3) is 11.5 Å². The van der Waals surface area contributed by atoms with Crippen molar-refractivity contribution in [3.05, 3.63) is 76.6 Å². The number of hydrogen-bond donors (Lipinski definition) is 1. The van der Waals surface area contributed by atoms with Gasteiger partial charge in [-0.05, 0) is 43.1 Å². The Kier molecular flexibility index (Phi) is 4.84. The molecule has 1 unspecified atom stereocenters. The Labute approximate surface area is 152 Å². The number of aromatic nitrogens is 4. The normalized spacial score (nSPS) is 17.9. The quantitative estimate of drug-likeness (QED) is 0.785. The Bertz CT molecular complexity index is 910. The first-order valence-electron chi connectivity index (χ1n) is 8.92. The highest BCUT2D eigenvalue weighted by molar-refractivity contribution is 5.48.